The highest BCUT2D eigenvalue weighted by Crippen LogP contribution is 2.15. The number of nitrogens with zero attached hydrogens (tertiary/aromatic N) is 1. The second-order valence-electron chi connectivity index (χ2n) is 5.21. The van der Waals surface area contributed by atoms with Crippen LogP contribution in [0.15, 0.2) is 0 Å². The van der Waals surface area contributed by atoms with Crippen molar-refractivity contribution in [3.05, 3.63) is 0 Å². The van der Waals surface area contributed by atoms with E-state index in [0.717, 1.165) is 39.0 Å². The Kier molecular flexibility index (Phi) is 5.92. The van der Waals surface area contributed by atoms with Crippen molar-refractivity contribution in [3.63, 3.8) is 0 Å². The van der Waals surface area contributed by atoms with E-state index >= 15 is 0 Å². The van der Waals surface area contributed by atoms with Gasteiger partial charge in [-0.2, -0.15) is 0 Å². The van der Waals surface area contributed by atoms with E-state index < -0.39 is 0 Å². The van der Waals surface area contributed by atoms with E-state index in [2.05, 4.69) is 6.92 Å². The Bertz CT molecular complexity index is 240. The SMILES string of the molecule is CCC(C)[C@H](N)C(=O)N(C)CC1CCCOC1. The first-order valence-corrected chi connectivity index (χ1v) is 6.64. The van der Waals surface area contributed by atoms with Crippen molar-refractivity contribution in [2.75, 3.05) is 26.8 Å². The van der Waals surface area contributed by atoms with Crippen LogP contribution >= 0.6 is 0 Å². The lowest BCUT2D eigenvalue weighted by Crippen LogP contribution is -2.47. The van der Waals surface area contributed by atoms with Crippen LogP contribution in [-0.2, 0) is 9.53 Å². The third kappa shape index (κ3) is 4.28. The molecule has 0 aromatic carbocycles. The van der Waals surface area contributed by atoms with Crippen molar-refractivity contribution in [1.29, 1.82) is 0 Å². The van der Waals surface area contributed by atoms with E-state index in [4.69, 9.17) is 10.5 Å². The van der Waals surface area contributed by atoms with Gasteiger partial charge < -0.3 is 15.4 Å². The normalized spacial score (nSPS) is 24.1. The minimum absolute atomic E-state index is 0.0601. The molecule has 1 rings (SSSR count). The summed E-state index contributed by atoms with van der Waals surface area (Å²) in [5, 5.41) is 0. The molecular weight excluding hydrogens is 216 g/mol. The summed E-state index contributed by atoms with van der Waals surface area (Å²) < 4.78 is 5.42. The van der Waals surface area contributed by atoms with E-state index in [0.29, 0.717) is 5.92 Å². The molecule has 2 N–H and O–H groups in total. The van der Waals surface area contributed by atoms with Gasteiger partial charge in [-0.3, -0.25) is 4.79 Å². The first-order valence-electron chi connectivity index (χ1n) is 6.64. The highest BCUT2D eigenvalue weighted by atomic mass is 16.5. The van der Waals surface area contributed by atoms with Gasteiger partial charge in [-0.05, 0) is 24.7 Å². The number of carbonyl (C=O) groups is 1. The van der Waals surface area contributed by atoms with Crippen LogP contribution in [-0.4, -0.2) is 43.7 Å². The molecule has 2 unspecified atom stereocenters. The van der Waals surface area contributed by atoms with Gasteiger partial charge in [0.25, 0.3) is 0 Å². The van der Waals surface area contributed by atoms with Crippen molar-refractivity contribution in [1.82, 2.24) is 4.90 Å². The van der Waals surface area contributed by atoms with Crippen LogP contribution in [0.25, 0.3) is 0 Å². The molecule has 1 aliphatic rings. The standard InChI is InChI=1S/C13H26N2O2/c1-4-10(2)12(14)13(16)15(3)8-11-6-5-7-17-9-11/h10-12H,4-9,14H2,1-3H3/t10?,11?,12-/m0/s1. The fourth-order valence-electron chi connectivity index (χ4n) is 2.18. The third-order valence-corrected chi connectivity index (χ3v) is 3.71. The van der Waals surface area contributed by atoms with Crippen LogP contribution < -0.4 is 5.73 Å². The lowest BCUT2D eigenvalue weighted by atomic mass is 9.97. The van der Waals surface area contributed by atoms with Gasteiger partial charge in [0.1, 0.15) is 0 Å². The molecule has 4 heteroatoms. The lowest BCUT2D eigenvalue weighted by Gasteiger charge is -2.30. The molecule has 1 aliphatic heterocycles. The summed E-state index contributed by atoms with van der Waals surface area (Å²) in [4.78, 5) is 13.9. The summed E-state index contributed by atoms with van der Waals surface area (Å²) in [6.07, 6.45) is 3.19. The first kappa shape index (κ1) is 14.5. The van der Waals surface area contributed by atoms with Crippen LogP contribution in [0.5, 0.6) is 0 Å². The van der Waals surface area contributed by atoms with Gasteiger partial charge in [0.2, 0.25) is 5.91 Å². The molecule has 0 spiro atoms. The Morgan fingerprint density at radius 1 is 1.59 bits per heavy atom. The minimum atomic E-state index is -0.366. The van der Waals surface area contributed by atoms with E-state index in [-0.39, 0.29) is 17.9 Å². The average molecular weight is 242 g/mol. The fourth-order valence-corrected chi connectivity index (χ4v) is 2.18. The summed E-state index contributed by atoms with van der Waals surface area (Å²) in [7, 11) is 1.85. The molecule has 1 fully saturated rings. The zero-order valence-electron chi connectivity index (χ0n) is 11.3. The molecule has 1 amide bonds. The molecule has 0 aromatic rings. The summed E-state index contributed by atoms with van der Waals surface area (Å²) in [5.74, 6) is 0.777. The summed E-state index contributed by atoms with van der Waals surface area (Å²) in [6.45, 7) is 6.49. The number of hydrogen-bond donors (Lipinski definition) is 1. The minimum Gasteiger partial charge on any atom is -0.381 e. The summed E-state index contributed by atoms with van der Waals surface area (Å²) in [5.41, 5.74) is 5.95. The van der Waals surface area contributed by atoms with Crippen molar-refractivity contribution in [2.24, 2.45) is 17.6 Å². The Labute approximate surface area is 104 Å². The molecule has 0 aromatic heterocycles. The van der Waals surface area contributed by atoms with Crippen LogP contribution in [0.3, 0.4) is 0 Å². The molecule has 3 atom stereocenters. The number of amides is 1. The molecule has 0 saturated carbocycles. The zero-order valence-corrected chi connectivity index (χ0v) is 11.3. The molecule has 4 nitrogen and oxygen atoms in total. The Hall–Kier alpha value is -0.610. The number of ether oxygens (including phenoxy) is 1. The Balaban J connectivity index is 2.40. The highest BCUT2D eigenvalue weighted by Gasteiger charge is 2.25. The Morgan fingerprint density at radius 3 is 2.82 bits per heavy atom. The lowest BCUT2D eigenvalue weighted by molar-refractivity contribution is -0.133. The Morgan fingerprint density at radius 2 is 2.29 bits per heavy atom. The van der Waals surface area contributed by atoms with E-state index in [1.54, 1.807) is 4.90 Å². The first-order chi connectivity index (χ1) is 8.06. The van der Waals surface area contributed by atoms with Gasteiger partial charge in [0.05, 0.1) is 12.6 Å². The number of rotatable bonds is 5. The molecule has 0 bridgehead atoms. The van der Waals surface area contributed by atoms with Crippen LogP contribution in [0.1, 0.15) is 33.1 Å². The van der Waals surface area contributed by atoms with Crippen molar-refractivity contribution in [3.8, 4) is 0 Å². The predicted octanol–water partition coefficient (Wildman–Crippen LogP) is 1.24. The summed E-state index contributed by atoms with van der Waals surface area (Å²) >= 11 is 0. The van der Waals surface area contributed by atoms with Crippen LogP contribution in [0.2, 0.25) is 0 Å². The van der Waals surface area contributed by atoms with Gasteiger partial charge in [0, 0.05) is 20.2 Å². The molecule has 1 heterocycles. The number of likely N-dealkylation sites (N-methyl/N-ethyl adjacent to an activating group) is 1. The van der Waals surface area contributed by atoms with Gasteiger partial charge in [0.15, 0.2) is 0 Å². The zero-order chi connectivity index (χ0) is 12.8. The number of carbonyl (C=O) groups excluding carboxylic acids is 1. The van der Waals surface area contributed by atoms with Crippen molar-refractivity contribution >= 4 is 5.91 Å². The molecule has 0 aliphatic carbocycles. The molecular formula is C13H26N2O2. The predicted molar refractivity (Wildman–Crippen MR) is 68.6 cm³/mol. The highest BCUT2D eigenvalue weighted by molar-refractivity contribution is 5.81. The fraction of sp³-hybridized carbons (Fsp3) is 0.923. The smallest absolute Gasteiger partial charge is 0.239 e. The summed E-state index contributed by atoms with van der Waals surface area (Å²) in [6, 6.07) is -0.366. The monoisotopic (exact) mass is 242 g/mol. The van der Waals surface area contributed by atoms with E-state index in [1.807, 2.05) is 14.0 Å². The molecule has 17 heavy (non-hydrogen) atoms. The van der Waals surface area contributed by atoms with Gasteiger partial charge >= 0.3 is 0 Å². The van der Waals surface area contributed by atoms with E-state index in [9.17, 15) is 4.79 Å². The van der Waals surface area contributed by atoms with Crippen LogP contribution in [0, 0.1) is 11.8 Å². The molecule has 0 radical (unpaired) electrons. The third-order valence-electron chi connectivity index (χ3n) is 3.71. The maximum absolute atomic E-state index is 12.1. The average Bonchev–Trinajstić information content (AvgIpc) is 2.37. The second kappa shape index (κ2) is 6.97. The number of nitrogens with two attached hydrogens (primary N) is 1. The van der Waals surface area contributed by atoms with Crippen molar-refractivity contribution < 1.29 is 9.53 Å². The maximum atomic E-state index is 12.1. The second-order valence-corrected chi connectivity index (χ2v) is 5.21. The number of hydrogen-bond acceptors (Lipinski definition) is 3. The maximum Gasteiger partial charge on any atom is 0.239 e. The van der Waals surface area contributed by atoms with Gasteiger partial charge in [-0.25, -0.2) is 0 Å². The quantitative estimate of drug-likeness (QED) is 0.789. The molecule has 100 valence electrons. The van der Waals surface area contributed by atoms with Gasteiger partial charge in [-0.15, -0.1) is 0 Å². The van der Waals surface area contributed by atoms with Crippen molar-refractivity contribution in [2.45, 2.75) is 39.2 Å². The largest absolute Gasteiger partial charge is 0.381 e. The van der Waals surface area contributed by atoms with Crippen LogP contribution in [0.4, 0.5) is 0 Å². The van der Waals surface area contributed by atoms with E-state index in [1.165, 1.54) is 0 Å². The molecule has 1 saturated heterocycles. The topological polar surface area (TPSA) is 55.6 Å². The van der Waals surface area contributed by atoms with Gasteiger partial charge in [-0.1, -0.05) is 20.3 Å².